The minimum atomic E-state index is -5.09. The lowest BCUT2D eigenvalue weighted by molar-refractivity contribution is -0.276. The number of ether oxygens (including phenoxy) is 2. The summed E-state index contributed by atoms with van der Waals surface area (Å²) in [5.74, 6) is -2.68. The number of hydrogen-bond acceptors (Lipinski definition) is 3. The van der Waals surface area contributed by atoms with Crippen LogP contribution in [0.25, 0.3) is 0 Å². The SMILES string of the molecule is CC(=O)c1cc(OC(F)(F)F)cc(OC(F)(F)F)c1. The smallest absolute Gasteiger partial charge is 0.406 e. The van der Waals surface area contributed by atoms with Crippen LogP contribution < -0.4 is 9.47 Å². The van der Waals surface area contributed by atoms with E-state index in [0.29, 0.717) is 18.2 Å². The molecule has 0 bridgehead atoms. The van der Waals surface area contributed by atoms with Gasteiger partial charge in [0.15, 0.2) is 5.78 Å². The number of carbonyl (C=O) groups excluding carboxylic acids is 1. The average molecular weight is 288 g/mol. The Bertz CT molecular complexity index is 443. The van der Waals surface area contributed by atoms with E-state index < -0.39 is 35.6 Å². The molecule has 0 aliphatic carbocycles. The van der Waals surface area contributed by atoms with Crippen LogP contribution in [0.2, 0.25) is 0 Å². The van der Waals surface area contributed by atoms with Crippen molar-refractivity contribution >= 4 is 5.78 Å². The molecule has 0 heterocycles. The predicted molar refractivity (Wildman–Crippen MR) is 49.8 cm³/mol. The van der Waals surface area contributed by atoms with Crippen molar-refractivity contribution in [1.29, 1.82) is 0 Å². The third-order valence-electron chi connectivity index (χ3n) is 1.75. The van der Waals surface area contributed by atoms with Crippen LogP contribution in [-0.2, 0) is 0 Å². The molecule has 0 aliphatic rings. The van der Waals surface area contributed by atoms with Crippen LogP contribution in [0.1, 0.15) is 17.3 Å². The number of benzene rings is 1. The van der Waals surface area contributed by atoms with Gasteiger partial charge in [0.25, 0.3) is 0 Å². The van der Waals surface area contributed by atoms with Gasteiger partial charge >= 0.3 is 12.7 Å². The molecule has 0 fully saturated rings. The highest BCUT2D eigenvalue weighted by atomic mass is 19.4. The van der Waals surface area contributed by atoms with E-state index in [-0.39, 0.29) is 0 Å². The first-order valence-electron chi connectivity index (χ1n) is 4.64. The molecule has 19 heavy (non-hydrogen) atoms. The van der Waals surface area contributed by atoms with Gasteiger partial charge in [0.1, 0.15) is 11.5 Å². The van der Waals surface area contributed by atoms with Gasteiger partial charge in [0.05, 0.1) is 0 Å². The molecule has 1 aromatic carbocycles. The Morgan fingerprint density at radius 1 is 0.895 bits per heavy atom. The van der Waals surface area contributed by atoms with Crippen molar-refractivity contribution in [3.63, 3.8) is 0 Å². The zero-order valence-electron chi connectivity index (χ0n) is 9.22. The van der Waals surface area contributed by atoms with Crippen molar-refractivity contribution in [2.45, 2.75) is 19.6 Å². The number of hydrogen-bond donors (Lipinski definition) is 0. The molecule has 1 rings (SSSR count). The fourth-order valence-corrected chi connectivity index (χ4v) is 1.16. The predicted octanol–water partition coefficient (Wildman–Crippen LogP) is 3.69. The van der Waals surface area contributed by atoms with E-state index in [1.807, 2.05) is 0 Å². The Morgan fingerprint density at radius 2 is 1.26 bits per heavy atom. The lowest BCUT2D eigenvalue weighted by Gasteiger charge is -2.13. The summed E-state index contributed by atoms with van der Waals surface area (Å²) < 4.78 is 78.7. The fourth-order valence-electron chi connectivity index (χ4n) is 1.16. The van der Waals surface area contributed by atoms with E-state index >= 15 is 0 Å². The van der Waals surface area contributed by atoms with E-state index in [9.17, 15) is 31.1 Å². The summed E-state index contributed by atoms with van der Waals surface area (Å²) in [5, 5.41) is 0. The maximum Gasteiger partial charge on any atom is 0.573 e. The third-order valence-corrected chi connectivity index (χ3v) is 1.75. The summed E-state index contributed by atoms with van der Waals surface area (Å²) in [5.41, 5.74) is -0.402. The summed E-state index contributed by atoms with van der Waals surface area (Å²) in [7, 11) is 0. The zero-order chi connectivity index (χ0) is 14.8. The molecule has 0 amide bonds. The molecule has 106 valence electrons. The molecule has 0 aliphatic heterocycles. The monoisotopic (exact) mass is 288 g/mol. The van der Waals surface area contributed by atoms with Crippen molar-refractivity contribution in [1.82, 2.24) is 0 Å². The van der Waals surface area contributed by atoms with Crippen LogP contribution >= 0.6 is 0 Å². The Balaban J connectivity index is 3.14. The first kappa shape index (κ1) is 15.1. The lowest BCUT2D eigenvalue weighted by Crippen LogP contribution is -2.19. The van der Waals surface area contributed by atoms with Crippen molar-refractivity contribution in [2.75, 3.05) is 0 Å². The normalized spacial score (nSPS) is 12.2. The standard InChI is InChI=1S/C10H6F6O3/c1-5(17)6-2-7(18-9(11,12)13)4-8(3-6)19-10(14,15)16/h2-4H,1H3. The minimum Gasteiger partial charge on any atom is -0.406 e. The van der Waals surface area contributed by atoms with Crippen molar-refractivity contribution < 1.29 is 40.6 Å². The summed E-state index contributed by atoms with van der Waals surface area (Å²) in [4.78, 5) is 11.0. The summed E-state index contributed by atoms with van der Waals surface area (Å²) >= 11 is 0. The number of Topliss-reactive ketones (excluding diaryl/α,β-unsaturated/α-hetero) is 1. The number of carbonyl (C=O) groups is 1. The second kappa shape index (κ2) is 4.98. The largest absolute Gasteiger partial charge is 0.573 e. The van der Waals surface area contributed by atoms with Crippen molar-refractivity contribution in [2.24, 2.45) is 0 Å². The summed E-state index contributed by atoms with van der Waals surface area (Å²) in [6.45, 7) is 0.976. The molecule has 0 aromatic heterocycles. The molecule has 0 N–H and O–H groups in total. The van der Waals surface area contributed by atoms with Gasteiger partial charge in [0.2, 0.25) is 0 Å². The van der Waals surface area contributed by atoms with E-state index in [1.54, 1.807) is 0 Å². The Hall–Kier alpha value is -1.93. The van der Waals surface area contributed by atoms with Gasteiger partial charge < -0.3 is 9.47 Å². The van der Waals surface area contributed by atoms with Gasteiger partial charge in [-0.15, -0.1) is 26.3 Å². The van der Waals surface area contributed by atoms with E-state index in [1.165, 1.54) is 0 Å². The number of alkyl halides is 6. The van der Waals surface area contributed by atoms with Gasteiger partial charge in [0, 0.05) is 11.6 Å². The van der Waals surface area contributed by atoms with E-state index in [2.05, 4.69) is 9.47 Å². The number of rotatable bonds is 3. The minimum absolute atomic E-state index is 0.382. The van der Waals surface area contributed by atoms with Gasteiger partial charge in [-0.05, 0) is 19.1 Å². The molecule has 1 aromatic rings. The molecule has 0 saturated carbocycles. The highest BCUT2D eigenvalue weighted by molar-refractivity contribution is 5.94. The first-order valence-corrected chi connectivity index (χ1v) is 4.64. The summed E-state index contributed by atoms with van der Waals surface area (Å²) in [6.07, 6.45) is -10.2. The number of ketones is 1. The average Bonchev–Trinajstić information content (AvgIpc) is 2.10. The second-order valence-corrected chi connectivity index (χ2v) is 3.34. The molecule has 0 spiro atoms. The quantitative estimate of drug-likeness (QED) is 0.628. The van der Waals surface area contributed by atoms with E-state index in [0.717, 1.165) is 6.92 Å². The van der Waals surface area contributed by atoms with Crippen LogP contribution in [0.15, 0.2) is 18.2 Å². The third kappa shape index (κ3) is 5.49. The van der Waals surface area contributed by atoms with Crippen molar-refractivity contribution in [3.8, 4) is 11.5 Å². The highest BCUT2D eigenvalue weighted by Crippen LogP contribution is 2.31. The molecule has 9 heteroatoms. The molecule has 3 nitrogen and oxygen atoms in total. The Labute approximate surface area is 102 Å². The molecular formula is C10H6F6O3. The highest BCUT2D eigenvalue weighted by Gasteiger charge is 2.34. The molecular weight excluding hydrogens is 282 g/mol. The van der Waals surface area contributed by atoms with Gasteiger partial charge in [-0.2, -0.15) is 0 Å². The van der Waals surface area contributed by atoms with Gasteiger partial charge in [-0.1, -0.05) is 0 Å². The molecule has 0 radical (unpaired) electrons. The first-order chi connectivity index (χ1) is 8.46. The maximum atomic E-state index is 12.0. The Morgan fingerprint density at radius 3 is 1.53 bits per heavy atom. The molecule has 0 atom stereocenters. The molecule has 0 saturated heterocycles. The van der Waals surface area contributed by atoms with Gasteiger partial charge in [-0.25, -0.2) is 0 Å². The number of halogens is 6. The van der Waals surface area contributed by atoms with Gasteiger partial charge in [-0.3, -0.25) is 4.79 Å². The topological polar surface area (TPSA) is 35.5 Å². The Kier molecular flexibility index (Phi) is 3.97. The van der Waals surface area contributed by atoms with E-state index in [4.69, 9.17) is 0 Å². The summed E-state index contributed by atoms with van der Waals surface area (Å²) in [6, 6.07) is 1.71. The van der Waals surface area contributed by atoms with Crippen molar-refractivity contribution in [3.05, 3.63) is 23.8 Å². The van der Waals surface area contributed by atoms with Crippen LogP contribution in [0.5, 0.6) is 11.5 Å². The van der Waals surface area contributed by atoms with Crippen LogP contribution in [0.4, 0.5) is 26.3 Å². The molecule has 0 unspecified atom stereocenters. The van der Waals surface area contributed by atoms with Crippen LogP contribution in [-0.4, -0.2) is 18.5 Å². The lowest BCUT2D eigenvalue weighted by atomic mass is 10.1. The van der Waals surface area contributed by atoms with Crippen LogP contribution in [0.3, 0.4) is 0 Å². The fraction of sp³-hybridized carbons (Fsp3) is 0.300. The second-order valence-electron chi connectivity index (χ2n) is 3.34. The zero-order valence-corrected chi connectivity index (χ0v) is 9.22. The van der Waals surface area contributed by atoms with Crippen LogP contribution in [0, 0.1) is 0 Å². The maximum absolute atomic E-state index is 12.0.